The molecule has 0 unspecified atom stereocenters. The maximum absolute atomic E-state index is 5.84. The molecular weight excluding hydrogens is 216 g/mol. The van der Waals surface area contributed by atoms with Crippen LogP contribution in [0.4, 0.5) is 0 Å². The van der Waals surface area contributed by atoms with Gasteiger partial charge in [-0.2, -0.15) is 0 Å². The Hall–Kier alpha value is -0.930. The smallest absolute Gasteiger partial charge is 0.0406 e. The van der Waals surface area contributed by atoms with Crippen LogP contribution in [-0.2, 0) is 0 Å². The molecule has 0 radical (unpaired) electrons. The van der Waals surface area contributed by atoms with E-state index in [1.807, 2.05) is 24.3 Å². The van der Waals surface area contributed by atoms with Gasteiger partial charge in [0.05, 0.1) is 0 Å². The number of halogens is 1. The first-order valence-electron chi connectivity index (χ1n) is 5.97. The highest BCUT2D eigenvalue weighted by Gasteiger charge is 2.23. The van der Waals surface area contributed by atoms with Gasteiger partial charge < -0.3 is 0 Å². The molecule has 1 saturated carbocycles. The zero-order chi connectivity index (χ0) is 11.4. The predicted molar refractivity (Wildman–Crippen MR) is 69.5 cm³/mol. The van der Waals surface area contributed by atoms with E-state index >= 15 is 0 Å². The van der Waals surface area contributed by atoms with E-state index in [0.29, 0.717) is 0 Å². The Morgan fingerprint density at radius 3 is 2.31 bits per heavy atom. The lowest BCUT2D eigenvalue weighted by atomic mass is 9.76. The third-order valence-corrected chi connectivity index (χ3v) is 3.56. The number of hydrogen-bond donors (Lipinski definition) is 0. The van der Waals surface area contributed by atoms with E-state index < -0.39 is 0 Å². The molecule has 0 N–H and O–H groups in total. The highest BCUT2D eigenvalue weighted by molar-refractivity contribution is 6.30. The molecule has 0 aromatic heterocycles. The van der Waals surface area contributed by atoms with Gasteiger partial charge in [-0.1, -0.05) is 42.7 Å². The summed E-state index contributed by atoms with van der Waals surface area (Å²) in [5.41, 5.74) is 1.30. The predicted octanol–water partition coefficient (Wildman–Crippen LogP) is 4.66. The van der Waals surface area contributed by atoms with E-state index in [9.17, 15) is 0 Å². The molecule has 0 nitrogen and oxygen atoms in total. The molecule has 84 valence electrons. The minimum Gasteiger partial charge on any atom is -0.0914 e. The summed E-state index contributed by atoms with van der Waals surface area (Å²) in [5.74, 6) is 6.71. The van der Waals surface area contributed by atoms with E-state index in [1.54, 1.807) is 0 Å². The molecule has 0 saturated heterocycles. The summed E-state index contributed by atoms with van der Waals surface area (Å²) in [4.78, 5) is 0. The fraction of sp³-hybridized carbons (Fsp3) is 0.467. The second kappa shape index (κ2) is 4.93. The minimum atomic E-state index is 0.234. The van der Waals surface area contributed by atoms with Crippen LogP contribution < -0.4 is 0 Å². The van der Waals surface area contributed by atoms with Gasteiger partial charge in [0.1, 0.15) is 0 Å². The Bertz CT molecular complexity index is 399. The van der Waals surface area contributed by atoms with Crippen molar-refractivity contribution in [2.75, 3.05) is 0 Å². The van der Waals surface area contributed by atoms with Crippen LogP contribution in [0.3, 0.4) is 0 Å². The molecule has 1 aromatic carbocycles. The van der Waals surface area contributed by atoms with E-state index in [1.165, 1.54) is 32.1 Å². The molecule has 0 bridgehead atoms. The van der Waals surface area contributed by atoms with Gasteiger partial charge in [0, 0.05) is 16.0 Å². The van der Waals surface area contributed by atoms with Crippen molar-refractivity contribution in [2.45, 2.75) is 39.0 Å². The van der Waals surface area contributed by atoms with Gasteiger partial charge in [-0.25, -0.2) is 0 Å². The van der Waals surface area contributed by atoms with Crippen molar-refractivity contribution >= 4 is 11.6 Å². The summed E-state index contributed by atoms with van der Waals surface area (Å²) in [6.07, 6.45) is 6.51. The van der Waals surface area contributed by atoms with Gasteiger partial charge in [0.25, 0.3) is 0 Å². The van der Waals surface area contributed by atoms with Crippen molar-refractivity contribution in [3.8, 4) is 11.8 Å². The Morgan fingerprint density at radius 1 is 1.06 bits per heavy atom. The maximum atomic E-state index is 5.84. The molecular formula is C15H17Cl. The zero-order valence-corrected chi connectivity index (χ0v) is 10.5. The van der Waals surface area contributed by atoms with Gasteiger partial charge >= 0.3 is 0 Å². The molecule has 0 heterocycles. The standard InChI is InChI=1S/C15H17Cl/c1-15(10-3-2-4-11-15)12-9-13-5-7-14(16)8-6-13/h5-8H,2-4,10-11H2,1H3. The highest BCUT2D eigenvalue weighted by atomic mass is 35.5. The average molecular weight is 233 g/mol. The Kier molecular flexibility index (Phi) is 3.56. The van der Waals surface area contributed by atoms with Gasteiger partial charge in [-0.3, -0.25) is 0 Å². The van der Waals surface area contributed by atoms with Crippen LogP contribution in [0.5, 0.6) is 0 Å². The van der Waals surface area contributed by atoms with Crippen LogP contribution in [-0.4, -0.2) is 0 Å². The first-order valence-corrected chi connectivity index (χ1v) is 6.35. The SMILES string of the molecule is CC1(C#Cc2ccc(Cl)cc2)CCCCC1. The lowest BCUT2D eigenvalue weighted by Gasteiger charge is -2.27. The molecule has 0 amide bonds. The zero-order valence-electron chi connectivity index (χ0n) is 9.72. The Morgan fingerprint density at radius 2 is 1.69 bits per heavy atom. The summed E-state index contributed by atoms with van der Waals surface area (Å²) < 4.78 is 0. The number of rotatable bonds is 0. The molecule has 0 spiro atoms. The van der Waals surface area contributed by atoms with E-state index in [-0.39, 0.29) is 5.41 Å². The van der Waals surface area contributed by atoms with Crippen molar-refractivity contribution in [1.82, 2.24) is 0 Å². The van der Waals surface area contributed by atoms with Gasteiger partial charge in [-0.15, -0.1) is 0 Å². The number of benzene rings is 1. The second-order valence-corrected chi connectivity index (χ2v) is 5.31. The van der Waals surface area contributed by atoms with Crippen molar-refractivity contribution in [3.05, 3.63) is 34.9 Å². The number of hydrogen-bond acceptors (Lipinski definition) is 0. The van der Waals surface area contributed by atoms with Gasteiger partial charge in [0.2, 0.25) is 0 Å². The third kappa shape index (κ3) is 3.03. The largest absolute Gasteiger partial charge is 0.0914 e. The van der Waals surface area contributed by atoms with E-state index in [0.717, 1.165) is 10.6 Å². The molecule has 0 aliphatic heterocycles. The van der Waals surface area contributed by atoms with Crippen LogP contribution in [0, 0.1) is 17.3 Å². The van der Waals surface area contributed by atoms with Crippen molar-refractivity contribution in [3.63, 3.8) is 0 Å². The molecule has 0 atom stereocenters. The van der Waals surface area contributed by atoms with E-state index in [2.05, 4.69) is 18.8 Å². The Balaban J connectivity index is 2.11. The lowest BCUT2D eigenvalue weighted by Crippen LogP contribution is -2.17. The molecule has 2 rings (SSSR count). The molecule has 1 aromatic rings. The summed E-state index contributed by atoms with van der Waals surface area (Å²) in [5, 5.41) is 0.773. The lowest BCUT2D eigenvalue weighted by molar-refractivity contribution is 0.299. The fourth-order valence-electron chi connectivity index (χ4n) is 2.21. The first-order chi connectivity index (χ1) is 7.68. The molecule has 16 heavy (non-hydrogen) atoms. The van der Waals surface area contributed by atoms with Crippen LogP contribution in [0.25, 0.3) is 0 Å². The van der Waals surface area contributed by atoms with Gasteiger partial charge in [-0.05, 0) is 44.0 Å². The van der Waals surface area contributed by atoms with Crippen LogP contribution in [0.2, 0.25) is 5.02 Å². The highest BCUT2D eigenvalue weighted by Crippen LogP contribution is 2.34. The quantitative estimate of drug-likeness (QED) is 0.571. The van der Waals surface area contributed by atoms with Crippen molar-refractivity contribution in [2.24, 2.45) is 5.41 Å². The molecule has 1 aliphatic carbocycles. The maximum Gasteiger partial charge on any atom is 0.0406 e. The first kappa shape index (κ1) is 11.6. The fourth-order valence-corrected chi connectivity index (χ4v) is 2.34. The molecule has 1 heteroatoms. The molecule has 1 fully saturated rings. The van der Waals surface area contributed by atoms with Crippen LogP contribution in [0.1, 0.15) is 44.6 Å². The van der Waals surface area contributed by atoms with Gasteiger partial charge in [0.15, 0.2) is 0 Å². The topological polar surface area (TPSA) is 0 Å². The normalized spacial score (nSPS) is 18.6. The van der Waals surface area contributed by atoms with E-state index in [4.69, 9.17) is 11.6 Å². The third-order valence-electron chi connectivity index (χ3n) is 3.31. The van der Waals surface area contributed by atoms with Crippen molar-refractivity contribution < 1.29 is 0 Å². The molecule has 1 aliphatic rings. The van der Waals surface area contributed by atoms with Crippen LogP contribution in [0.15, 0.2) is 24.3 Å². The average Bonchev–Trinajstić information content (AvgIpc) is 2.29. The summed E-state index contributed by atoms with van der Waals surface area (Å²) in [6.45, 7) is 2.29. The summed E-state index contributed by atoms with van der Waals surface area (Å²) in [6, 6.07) is 7.77. The Labute approximate surface area is 103 Å². The van der Waals surface area contributed by atoms with Crippen molar-refractivity contribution in [1.29, 1.82) is 0 Å². The second-order valence-electron chi connectivity index (χ2n) is 4.88. The summed E-state index contributed by atoms with van der Waals surface area (Å²) >= 11 is 5.84. The monoisotopic (exact) mass is 232 g/mol. The minimum absolute atomic E-state index is 0.234. The van der Waals surface area contributed by atoms with Crippen LogP contribution >= 0.6 is 11.6 Å². The summed E-state index contributed by atoms with van der Waals surface area (Å²) in [7, 11) is 0.